The van der Waals surface area contributed by atoms with Crippen LogP contribution in [0.5, 0.6) is 0 Å². The number of carbonyl (C=O) groups is 2. The lowest BCUT2D eigenvalue weighted by Gasteiger charge is -2.23. The summed E-state index contributed by atoms with van der Waals surface area (Å²) < 4.78 is 32.4. The van der Waals surface area contributed by atoms with Gasteiger partial charge in [-0.05, 0) is 31.0 Å². The smallest absolute Gasteiger partial charge is 0.323 e. The maximum Gasteiger partial charge on any atom is 0.323 e. The van der Waals surface area contributed by atoms with Crippen molar-refractivity contribution in [2.45, 2.75) is 30.6 Å². The van der Waals surface area contributed by atoms with Gasteiger partial charge in [0.05, 0.1) is 11.6 Å². The molecule has 0 atom stereocenters. The Hall–Kier alpha value is -1.68. The second-order valence-corrected chi connectivity index (χ2v) is 8.89. The number of hydrogen-bond acceptors (Lipinski definition) is 5. The average molecular weight is 433 g/mol. The van der Waals surface area contributed by atoms with Crippen molar-refractivity contribution in [3.8, 4) is 0 Å². The summed E-state index contributed by atoms with van der Waals surface area (Å²) in [6, 6.07) is 3.98. The van der Waals surface area contributed by atoms with E-state index in [2.05, 4.69) is 0 Å². The predicted octanol–water partition coefficient (Wildman–Crippen LogP) is 2.08. The minimum absolute atomic E-state index is 0.0301. The molecule has 156 valence electrons. The number of halogens is 1. The van der Waals surface area contributed by atoms with Gasteiger partial charge in [-0.1, -0.05) is 24.4 Å². The molecule has 0 unspecified atom stereocenters. The van der Waals surface area contributed by atoms with Gasteiger partial charge in [0.1, 0.15) is 11.4 Å². The van der Waals surface area contributed by atoms with E-state index in [9.17, 15) is 18.0 Å². The molecule has 0 bridgehead atoms. The van der Waals surface area contributed by atoms with Crippen LogP contribution in [0.25, 0.3) is 0 Å². The van der Waals surface area contributed by atoms with Crippen molar-refractivity contribution < 1.29 is 27.9 Å². The van der Waals surface area contributed by atoms with Gasteiger partial charge in [-0.25, -0.2) is 8.42 Å². The van der Waals surface area contributed by atoms with Gasteiger partial charge in [0.15, 0.2) is 0 Å². The summed E-state index contributed by atoms with van der Waals surface area (Å²) >= 11 is 6.15. The molecular formula is C18H25ClN2O6S. The van der Waals surface area contributed by atoms with Crippen LogP contribution < -0.4 is 0 Å². The summed E-state index contributed by atoms with van der Waals surface area (Å²) in [5.41, 5.74) is 0.0650. The topological polar surface area (TPSA) is 104 Å². The Balaban J connectivity index is 2.34. The summed E-state index contributed by atoms with van der Waals surface area (Å²) in [7, 11) is -2.41. The normalized spacial score (nSPS) is 15.8. The molecule has 8 nitrogen and oxygen atoms in total. The number of amides is 1. The number of carboxylic acid groups (broad SMARTS) is 1. The molecule has 1 aromatic carbocycles. The molecule has 1 aromatic rings. The van der Waals surface area contributed by atoms with Gasteiger partial charge in [-0.15, -0.1) is 0 Å². The second kappa shape index (κ2) is 10.2. The van der Waals surface area contributed by atoms with Gasteiger partial charge in [0.25, 0.3) is 5.91 Å². The standard InChI is InChI=1S/C18H25ClN2O6S/c1-27-11-10-20(13-17(22)23)18(24)14-6-7-15(19)16(12-14)28(25,26)21-8-4-2-3-5-9-21/h6-7,12H,2-5,8-11,13H2,1H3,(H,22,23). The lowest BCUT2D eigenvalue weighted by atomic mass is 10.2. The Morgan fingerprint density at radius 3 is 2.43 bits per heavy atom. The van der Waals surface area contributed by atoms with Crippen molar-refractivity contribution >= 4 is 33.5 Å². The molecule has 10 heteroatoms. The van der Waals surface area contributed by atoms with Crippen LogP contribution in [0.1, 0.15) is 36.0 Å². The summed E-state index contributed by atoms with van der Waals surface area (Å²) in [5, 5.41) is 9.08. The first kappa shape index (κ1) is 22.6. The van der Waals surface area contributed by atoms with Crippen LogP contribution in [0.3, 0.4) is 0 Å². The van der Waals surface area contributed by atoms with Crippen molar-refractivity contribution in [3.63, 3.8) is 0 Å². The Morgan fingerprint density at radius 1 is 1.21 bits per heavy atom. The molecule has 28 heavy (non-hydrogen) atoms. The maximum atomic E-state index is 13.1. The third kappa shape index (κ3) is 5.66. The van der Waals surface area contributed by atoms with Crippen LogP contribution in [0, 0.1) is 0 Å². The number of methoxy groups -OCH3 is 1. The molecule has 1 amide bonds. The number of sulfonamides is 1. The first-order valence-corrected chi connectivity index (χ1v) is 10.9. The van der Waals surface area contributed by atoms with Gasteiger partial charge in [0.2, 0.25) is 10.0 Å². The SMILES string of the molecule is COCCN(CC(=O)O)C(=O)c1ccc(Cl)c(S(=O)(=O)N2CCCCCC2)c1. The fraction of sp³-hybridized carbons (Fsp3) is 0.556. The molecule has 0 saturated carbocycles. The van der Waals surface area contributed by atoms with Gasteiger partial charge in [0, 0.05) is 32.3 Å². The van der Waals surface area contributed by atoms with E-state index in [-0.39, 0.29) is 28.6 Å². The van der Waals surface area contributed by atoms with E-state index >= 15 is 0 Å². The fourth-order valence-electron chi connectivity index (χ4n) is 3.05. The van der Waals surface area contributed by atoms with E-state index in [1.54, 1.807) is 0 Å². The quantitative estimate of drug-likeness (QED) is 0.674. The molecule has 1 fully saturated rings. The molecule has 0 aliphatic carbocycles. The Labute approximate surface area is 170 Å². The van der Waals surface area contributed by atoms with E-state index in [0.29, 0.717) is 13.1 Å². The fourth-order valence-corrected chi connectivity index (χ4v) is 5.07. The Kier molecular flexibility index (Phi) is 8.23. The minimum Gasteiger partial charge on any atom is -0.480 e. The number of carboxylic acids is 1. The maximum absolute atomic E-state index is 13.1. The van der Waals surface area contributed by atoms with Crippen molar-refractivity contribution in [1.82, 2.24) is 9.21 Å². The van der Waals surface area contributed by atoms with E-state index in [1.807, 2.05) is 0 Å². The van der Waals surface area contributed by atoms with E-state index < -0.39 is 28.4 Å². The van der Waals surface area contributed by atoms with E-state index in [1.165, 1.54) is 29.6 Å². The summed E-state index contributed by atoms with van der Waals surface area (Å²) in [4.78, 5) is 24.8. The van der Waals surface area contributed by atoms with Crippen molar-refractivity contribution in [2.75, 3.05) is 39.9 Å². The Bertz CT molecular complexity index is 806. The molecule has 0 spiro atoms. The van der Waals surface area contributed by atoms with Crippen LogP contribution in [0.15, 0.2) is 23.1 Å². The molecule has 1 heterocycles. The number of rotatable bonds is 8. The predicted molar refractivity (Wildman–Crippen MR) is 104 cm³/mol. The summed E-state index contributed by atoms with van der Waals surface area (Å²) in [6.45, 7) is 0.536. The number of carbonyl (C=O) groups excluding carboxylic acids is 1. The number of nitrogens with zero attached hydrogens (tertiary/aromatic N) is 2. The van der Waals surface area contributed by atoms with Gasteiger partial charge < -0.3 is 14.7 Å². The molecule has 1 N–H and O–H groups in total. The highest BCUT2D eigenvalue weighted by Gasteiger charge is 2.29. The number of hydrogen-bond donors (Lipinski definition) is 1. The monoisotopic (exact) mass is 432 g/mol. The van der Waals surface area contributed by atoms with Crippen molar-refractivity contribution in [3.05, 3.63) is 28.8 Å². The molecular weight excluding hydrogens is 408 g/mol. The summed E-state index contributed by atoms with van der Waals surface area (Å²) in [5.74, 6) is -1.76. The lowest BCUT2D eigenvalue weighted by molar-refractivity contribution is -0.137. The van der Waals surface area contributed by atoms with Gasteiger partial charge in [-0.2, -0.15) is 4.31 Å². The highest BCUT2D eigenvalue weighted by atomic mass is 35.5. The molecule has 1 aliphatic rings. The van der Waals surface area contributed by atoms with Crippen molar-refractivity contribution in [2.24, 2.45) is 0 Å². The largest absolute Gasteiger partial charge is 0.480 e. The van der Waals surface area contributed by atoms with Gasteiger partial charge >= 0.3 is 5.97 Å². The zero-order valence-corrected chi connectivity index (χ0v) is 17.3. The molecule has 1 saturated heterocycles. The molecule has 0 radical (unpaired) electrons. The van der Waals surface area contributed by atoms with Crippen LogP contribution >= 0.6 is 11.6 Å². The zero-order valence-electron chi connectivity index (χ0n) is 15.8. The minimum atomic E-state index is -3.85. The summed E-state index contributed by atoms with van der Waals surface area (Å²) in [6.07, 6.45) is 3.50. The first-order valence-electron chi connectivity index (χ1n) is 9.07. The van der Waals surface area contributed by atoms with E-state index in [0.717, 1.165) is 30.6 Å². The lowest BCUT2D eigenvalue weighted by Crippen LogP contribution is -2.38. The third-order valence-electron chi connectivity index (χ3n) is 4.54. The Morgan fingerprint density at radius 2 is 1.86 bits per heavy atom. The number of ether oxygens (including phenoxy) is 1. The van der Waals surface area contributed by atoms with Crippen molar-refractivity contribution in [1.29, 1.82) is 0 Å². The number of aliphatic carboxylic acids is 1. The van der Waals surface area contributed by atoms with Gasteiger partial charge in [-0.3, -0.25) is 9.59 Å². The van der Waals surface area contributed by atoms with Crippen LogP contribution in [-0.2, 0) is 19.6 Å². The zero-order chi connectivity index (χ0) is 20.7. The third-order valence-corrected chi connectivity index (χ3v) is 6.92. The van der Waals surface area contributed by atoms with Crippen LogP contribution in [-0.4, -0.2) is 74.5 Å². The highest BCUT2D eigenvalue weighted by molar-refractivity contribution is 7.89. The second-order valence-electron chi connectivity index (χ2n) is 6.58. The van der Waals surface area contributed by atoms with Crippen LogP contribution in [0.4, 0.5) is 0 Å². The average Bonchev–Trinajstić information content (AvgIpc) is 2.94. The molecule has 1 aliphatic heterocycles. The molecule has 2 rings (SSSR count). The van der Waals surface area contributed by atoms with Crippen LogP contribution in [0.2, 0.25) is 5.02 Å². The number of benzene rings is 1. The highest BCUT2D eigenvalue weighted by Crippen LogP contribution is 2.28. The molecule has 0 aromatic heterocycles. The van der Waals surface area contributed by atoms with E-state index in [4.69, 9.17) is 21.4 Å². The first-order chi connectivity index (χ1) is 13.3.